The van der Waals surface area contributed by atoms with Crippen LogP contribution in [0.25, 0.3) is 0 Å². The van der Waals surface area contributed by atoms with Crippen LogP contribution in [0.2, 0.25) is 0 Å². The van der Waals surface area contributed by atoms with Gasteiger partial charge in [-0.2, -0.15) is 13.2 Å². The maximum absolute atomic E-state index is 12.8. The number of nitrogens with zero attached hydrogens (tertiary/aromatic N) is 1. The quantitative estimate of drug-likeness (QED) is 0.677. The van der Waals surface area contributed by atoms with Crippen molar-refractivity contribution < 1.29 is 27.5 Å². The van der Waals surface area contributed by atoms with Crippen LogP contribution >= 0.6 is 0 Å². The molecule has 0 aliphatic carbocycles. The third kappa shape index (κ3) is 3.89. The van der Waals surface area contributed by atoms with Crippen LogP contribution < -0.4 is 0 Å². The first kappa shape index (κ1) is 14.8. The van der Waals surface area contributed by atoms with Gasteiger partial charge < -0.3 is 4.74 Å². The predicted molar refractivity (Wildman–Crippen MR) is 57.0 cm³/mol. The number of likely N-dealkylation sites (tertiary alicyclic amines) is 1. The molecule has 0 aromatic rings. The first-order valence-corrected chi connectivity index (χ1v) is 5.59. The summed E-state index contributed by atoms with van der Waals surface area (Å²) in [5.41, 5.74) is -0.866. The van der Waals surface area contributed by atoms with Crippen LogP contribution in [0.5, 0.6) is 0 Å². The summed E-state index contributed by atoms with van der Waals surface area (Å²) in [6.45, 7) is 4.46. The third-order valence-corrected chi connectivity index (χ3v) is 2.43. The van der Waals surface area contributed by atoms with Crippen LogP contribution in [0.3, 0.4) is 0 Å². The minimum Gasteiger partial charge on any atom is -0.444 e. The zero-order valence-corrected chi connectivity index (χ0v) is 10.5. The number of ketones is 1. The Labute approximate surface area is 103 Å². The molecule has 1 amide bonds. The van der Waals surface area contributed by atoms with E-state index >= 15 is 0 Å². The SMILES string of the molecule is CC(C)(C)OC(=O)N1CCC(=O)C[C@H]1C(F)(F)F. The summed E-state index contributed by atoms with van der Waals surface area (Å²) in [5.74, 6) is -0.489. The van der Waals surface area contributed by atoms with Crippen LogP contribution in [0.15, 0.2) is 0 Å². The van der Waals surface area contributed by atoms with E-state index in [2.05, 4.69) is 0 Å². The number of Topliss-reactive ketones (excluding diaryl/α,β-unsaturated/α-hetero) is 1. The van der Waals surface area contributed by atoms with E-state index in [1.165, 1.54) is 0 Å². The minimum absolute atomic E-state index is 0.0637. The molecule has 1 atom stereocenters. The van der Waals surface area contributed by atoms with E-state index in [0.717, 1.165) is 0 Å². The Bertz CT molecular complexity index is 346. The summed E-state index contributed by atoms with van der Waals surface area (Å²) >= 11 is 0. The molecular weight excluding hydrogens is 251 g/mol. The average molecular weight is 267 g/mol. The molecular formula is C11H16F3NO3. The summed E-state index contributed by atoms with van der Waals surface area (Å²) in [6, 6.07) is -2.08. The molecule has 0 aromatic heterocycles. The van der Waals surface area contributed by atoms with Crippen molar-refractivity contribution in [3.63, 3.8) is 0 Å². The van der Waals surface area contributed by atoms with E-state index in [-0.39, 0.29) is 13.0 Å². The van der Waals surface area contributed by atoms with Crippen LogP contribution in [0.1, 0.15) is 33.6 Å². The Hall–Kier alpha value is -1.27. The molecule has 0 bridgehead atoms. The van der Waals surface area contributed by atoms with Crippen molar-refractivity contribution in [1.29, 1.82) is 0 Å². The molecule has 0 radical (unpaired) electrons. The number of carbonyl (C=O) groups is 2. The number of ether oxygens (including phenoxy) is 1. The van der Waals surface area contributed by atoms with Gasteiger partial charge in [0.25, 0.3) is 0 Å². The van der Waals surface area contributed by atoms with Crippen molar-refractivity contribution in [1.82, 2.24) is 4.90 Å². The zero-order valence-electron chi connectivity index (χ0n) is 10.5. The fourth-order valence-electron chi connectivity index (χ4n) is 1.66. The first-order chi connectivity index (χ1) is 8.00. The topological polar surface area (TPSA) is 46.6 Å². The smallest absolute Gasteiger partial charge is 0.410 e. The lowest BCUT2D eigenvalue weighted by Crippen LogP contribution is -2.54. The van der Waals surface area contributed by atoms with Crippen LogP contribution in [-0.2, 0) is 9.53 Å². The van der Waals surface area contributed by atoms with Gasteiger partial charge in [-0.3, -0.25) is 9.69 Å². The van der Waals surface area contributed by atoms with Gasteiger partial charge in [-0.05, 0) is 20.8 Å². The van der Waals surface area contributed by atoms with E-state index in [9.17, 15) is 22.8 Å². The summed E-state index contributed by atoms with van der Waals surface area (Å²) in [4.78, 5) is 23.4. The highest BCUT2D eigenvalue weighted by atomic mass is 19.4. The molecule has 0 aromatic carbocycles. The van der Waals surface area contributed by atoms with Gasteiger partial charge in [0.1, 0.15) is 17.4 Å². The molecule has 4 nitrogen and oxygen atoms in total. The Balaban J connectivity index is 2.84. The second-order valence-electron chi connectivity index (χ2n) is 5.22. The monoisotopic (exact) mass is 267 g/mol. The fraction of sp³-hybridized carbons (Fsp3) is 0.818. The van der Waals surface area contributed by atoms with E-state index in [1.807, 2.05) is 0 Å². The van der Waals surface area contributed by atoms with Gasteiger partial charge in [-0.1, -0.05) is 0 Å². The summed E-state index contributed by atoms with van der Waals surface area (Å²) in [7, 11) is 0. The lowest BCUT2D eigenvalue weighted by Gasteiger charge is -2.36. The third-order valence-electron chi connectivity index (χ3n) is 2.43. The van der Waals surface area contributed by atoms with Crippen molar-refractivity contribution in [2.45, 2.75) is 51.4 Å². The fourth-order valence-corrected chi connectivity index (χ4v) is 1.66. The Morgan fingerprint density at radius 2 is 1.89 bits per heavy atom. The molecule has 1 fully saturated rings. The number of carbonyl (C=O) groups excluding carboxylic acids is 2. The Morgan fingerprint density at radius 1 is 1.33 bits per heavy atom. The minimum atomic E-state index is -4.62. The van der Waals surface area contributed by atoms with Gasteiger partial charge in [-0.25, -0.2) is 4.79 Å². The molecule has 1 aliphatic rings. The van der Waals surface area contributed by atoms with Crippen LogP contribution in [0.4, 0.5) is 18.0 Å². The molecule has 1 rings (SSSR count). The molecule has 104 valence electrons. The molecule has 18 heavy (non-hydrogen) atoms. The second-order valence-corrected chi connectivity index (χ2v) is 5.22. The summed E-state index contributed by atoms with van der Waals surface area (Å²) < 4.78 is 43.2. The summed E-state index contributed by atoms with van der Waals surface area (Å²) in [6.07, 6.45) is -6.40. The molecule has 1 aliphatic heterocycles. The number of amides is 1. The number of halogens is 3. The maximum Gasteiger partial charge on any atom is 0.410 e. The largest absolute Gasteiger partial charge is 0.444 e. The van der Waals surface area contributed by atoms with Crippen molar-refractivity contribution in [3.05, 3.63) is 0 Å². The van der Waals surface area contributed by atoms with Crippen molar-refractivity contribution in [3.8, 4) is 0 Å². The van der Waals surface area contributed by atoms with Crippen molar-refractivity contribution in [2.75, 3.05) is 6.54 Å². The van der Waals surface area contributed by atoms with E-state index in [1.54, 1.807) is 20.8 Å². The predicted octanol–water partition coefficient (Wildman–Crippen LogP) is 2.52. The average Bonchev–Trinajstić information content (AvgIpc) is 2.13. The van der Waals surface area contributed by atoms with Crippen molar-refractivity contribution >= 4 is 11.9 Å². The first-order valence-electron chi connectivity index (χ1n) is 5.59. The van der Waals surface area contributed by atoms with Gasteiger partial charge in [0.05, 0.1) is 0 Å². The van der Waals surface area contributed by atoms with E-state index in [0.29, 0.717) is 4.90 Å². The molecule has 1 heterocycles. The van der Waals surface area contributed by atoms with Crippen LogP contribution in [0, 0.1) is 0 Å². The Morgan fingerprint density at radius 3 is 2.33 bits per heavy atom. The number of piperidine rings is 1. The second kappa shape index (κ2) is 4.78. The lowest BCUT2D eigenvalue weighted by atomic mass is 10.0. The molecule has 0 unspecified atom stereocenters. The van der Waals surface area contributed by atoms with E-state index in [4.69, 9.17) is 4.74 Å². The van der Waals surface area contributed by atoms with Gasteiger partial charge in [0, 0.05) is 19.4 Å². The normalized spacial score (nSPS) is 22.0. The Kier molecular flexibility index (Phi) is 3.92. The number of rotatable bonds is 0. The van der Waals surface area contributed by atoms with Gasteiger partial charge in [0.15, 0.2) is 0 Å². The summed E-state index contributed by atoms with van der Waals surface area (Å²) in [5, 5.41) is 0. The number of hydrogen-bond acceptors (Lipinski definition) is 3. The molecule has 0 saturated carbocycles. The molecule has 0 spiro atoms. The highest BCUT2D eigenvalue weighted by Gasteiger charge is 2.49. The molecule has 7 heteroatoms. The standard InChI is InChI=1S/C11H16F3NO3/c1-10(2,3)18-9(17)15-5-4-7(16)6-8(15)11(12,13)14/h8H,4-6H2,1-3H3/t8-/m0/s1. The highest BCUT2D eigenvalue weighted by molar-refractivity contribution is 5.82. The van der Waals surface area contributed by atoms with Crippen molar-refractivity contribution in [2.24, 2.45) is 0 Å². The van der Waals surface area contributed by atoms with Gasteiger partial charge in [-0.15, -0.1) is 0 Å². The zero-order chi connectivity index (χ0) is 14.1. The highest BCUT2D eigenvalue weighted by Crippen LogP contribution is 2.31. The van der Waals surface area contributed by atoms with Crippen LogP contribution in [-0.4, -0.2) is 41.1 Å². The lowest BCUT2D eigenvalue weighted by molar-refractivity contribution is -0.188. The molecule has 0 N–H and O–H groups in total. The number of alkyl halides is 3. The number of hydrogen-bond donors (Lipinski definition) is 0. The van der Waals surface area contributed by atoms with Gasteiger partial charge >= 0.3 is 12.3 Å². The van der Waals surface area contributed by atoms with E-state index < -0.39 is 36.1 Å². The molecule has 1 saturated heterocycles. The van der Waals surface area contributed by atoms with Gasteiger partial charge in [0.2, 0.25) is 0 Å². The maximum atomic E-state index is 12.8.